The highest BCUT2D eigenvalue weighted by Crippen LogP contribution is 2.26. The van der Waals surface area contributed by atoms with E-state index >= 15 is 0 Å². The van der Waals surface area contributed by atoms with Crippen molar-refractivity contribution in [3.63, 3.8) is 0 Å². The van der Waals surface area contributed by atoms with Crippen LogP contribution in [0.5, 0.6) is 0 Å². The minimum atomic E-state index is -3.24. The molecule has 0 amide bonds. The number of benzene rings is 1. The van der Waals surface area contributed by atoms with Crippen LogP contribution >= 0.6 is 0 Å². The van der Waals surface area contributed by atoms with Crippen LogP contribution in [-0.2, 0) is 16.4 Å². The normalized spacial score (nSPS) is 11.4. The molecule has 5 nitrogen and oxygen atoms in total. The zero-order chi connectivity index (χ0) is 15.6. The molecule has 0 saturated heterocycles. The molecule has 0 bridgehead atoms. The molecule has 112 valence electrons. The summed E-state index contributed by atoms with van der Waals surface area (Å²) in [4.78, 5) is 6.62. The Morgan fingerprint density at radius 1 is 1.24 bits per heavy atom. The minimum absolute atomic E-state index is 0.228. The SMILES string of the molecule is Cc1cccc(CN(C)c2ccc(S(C)(=O)=O)cc2N)n1. The van der Waals surface area contributed by atoms with Crippen molar-refractivity contribution < 1.29 is 8.42 Å². The first-order valence-electron chi connectivity index (χ1n) is 6.50. The second kappa shape index (κ2) is 5.73. The van der Waals surface area contributed by atoms with Crippen molar-refractivity contribution in [2.45, 2.75) is 18.4 Å². The zero-order valence-electron chi connectivity index (χ0n) is 12.4. The summed E-state index contributed by atoms with van der Waals surface area (Å²) >= 11 is 0. The molecule has 1 heterocycles. The topological polar surface area (TPSA) is 76.3 Å². The Morgan fingerprint density at radius 2 is 1.95 bits per heavy atom. The molecule has 2 rings (SSSR count). The van der Waals surface area contributed by atoms with E-state index in [9.17, 15) is 8.42 Å². The zero-order valence-corrected chi connectivity index (χ0v) is 13.2. The smallest absolute Gasteiger partial charge is 0.175 e. The van der Waals surface area contributed by atoms with Crippen molar-refractivity contribution in [2.24, 2.45) is 0 Å². The van der Waals surface area contributed by atoms with Gasteiger partial charge in [-0.2, -0.15) is 0 Å². The van der Waals surface area contributed by atoms with Crippen LogP contribution in [0.3, 0.4) is 0 Å². The average Bonchev–Trinajstić information content (AvgIpc) is 2.37. The fourth-order valence-electron chi connectivity index (χ4n) is 2.13. The Labute approximate surface area is 125 Å². The highest BCUT2D eigenvalue weighted by atomic mass is 32.2. The van der Waals surface area contributed by atoms with E-state index in [0.29, 0.717) is 12.2 Å². The second-order valence-electron chi connectivity index (χ2n) is 5.12. The van der Waals surface area contributed by atoms with Gasteiger partial charge in [0.1, 0.15) is 0 Å². The van der Waals surface area contributed by atoms with Gasteiger partial charge in [-0.25, -0.2) is 8.42 Å². The molecule has 0 saturated carbocycles. The van der Waals surface area contributed by atoms with Gasteiger partial charge >= 0.3 is 0 Å². The first-order valence-corrected chi connectivity index (χ1v) is 8.40. The third-order valence-electron chi connectivity index (χ3n) is 3.18. The molecule has 2 N–H and O–H groups in total. The van der Waals surface area contributed by atoms with Gasteiger partial charge in [0.15, 0.2) is 9.84 Å². The Morgan fingerprint density at radius 3 is 2.52 bits per heavy atom. The van der Waals surface area contributed by atoms with E-state index in [1.54, 1.807) is 12.1 Å². The number of hydrogen-bond donors (Lipinski definition) is 1. The number of nitrogens with two attached hydrogens (primary N) is 1. The molecule has 0 aliphatic rings. The Bertz CT molecular complexity index is 757. The number of anilines is 2. The molecule has 0 aliphatic heterocycles. The summed E-state index contributed by atoms with van der Waals surface area (Å²) in [5.74, 6) is 0. The first-order chi connectivity index (χ1) is 9.77. The highest BCUT2D eigenvalue weighted by molar-refractivity contribution is 7.90. The van der Waals surface area contributed by atoms with E-state index in [2.05, 4.69) is 4.98 Å². The van der Waals surface area contributed by atoms with Crippen molar-refractivity contribution in [3.8, 4) is 0 Å². The molecule has 0 radical (unpaired) electrons. The summed E-state index contributed by atoms with van der Waals surface area (Å²) in [6.07, 6.45) is 1.17. The predicted molar refractivity (Wildman–Crippen MR) is 85.0 cm³/mol. The van der Waals surface area contributed by atoms with Crippen LogP contribution in [0.15, 0.2) is 41.3 Å². The Hall–Kier alpha value is -2.08. The summed E-state index contributed by atoms with van der Waals surface area (Å²) < 4.78 is 23.0. The highest BCUT2D eigenvalue weighted by Gasteiger charge is 2.12. The number of rotatable bonds is 4. The van der Waals surface area contributed by atoms with Gasteiger partial charge in [-0.15, -0.1) is 0 Å². The minimum Gasteiger partial charge on any atom is -0.397 e. The molecule has 0 unspecified atom stereocenters. The molecule has 6 heteroatoms. The summed E-state index contributed by atoms with van der Waals surface area (Å²) in [6.45, 7) is 2.54. The standard InChI is InChI=1S/C15H19N3O2S/c1-11-5-4-6-12(17-11)10-18(2)15-8-7-13(9-14(15)16)21(3,19)20/h4-9H,10,16H2,1-3H3. The van der Waals surface area contributed by atoms with Crippen LogP contribution in [-0.4, -0.2) is 26.7 Å². The maximum Gasteiger partial charge on any atom is 0.175 e. The lowest BCUT2D eigenvalue weighted by Gasteiger charge is -2.21. The van der Waals surface area contributed by atoms with Gasteiger partial charge < -0.3 is 10.6 Å². The lowest BCUT2D eigenvalue weighted by molar-refractivity contribution is 0.602. The molecule has 2 aromatic rings. The van der Waals surface area contributed by atoms with Crippen LogP contribution in [0, 0.1) is 6.92 Å². The van der Waals surface area contributed by atoms with Crippen LogP contribution in [0.25, 0.3) is 0 Å². The number of sulfone groups is 1. The Kier molecular flexibility index (Phi) is 4.18. The maximum atomic E-state index is 11.5. The van der Waals surface area contributed by atoms with Crippen molar-refractivity contribution in [3.05, 3.63) is 47.8 Å². The average molecular weight is 305 g/mol. The molecular weight excluding hydrogens is 286 g/mol. The summed E-state index contributed by atoms with van der Waals surface area (Å²) in [5.41, 5.74) is 9.09. The third kappa shape index (κ3) is 3.72. The van der Waals surface area contributed by atoms with Gasteiger partial charge in [-0.1, -0.05) is 6.07 Å². The van der Waals surface area contributed by atoms with Crippen molar-refractivity contribution in [2.75, 3.05) is 23.9 Å². The fourth-order valence-corrected chi connectivity index (χ4v) is 2.78. The fraction of sp³-hybridized carbons (Fsp3) is 0.267. The van der Waals surface area contributed by atoms with Gasteiger partial charge in [0.2, 0.25) is 0 Å². The van der Waals surface area contributed by atoms with E-state index in [1.165, 1.54) is 12.3 Å². The van der Waals surface area contributed by atoms with E-state index in [1.807, 2.05) is 37.1 Å². The van der Waals surface area contributed by atoms with Gasteiger partial charge in [-0.3, -0.25) is 4.98 Å². The van der Waals surface area contributed by atoms with Gasteiger partial charge in [0, 0.05) is 19.0 Å². The number of nitrogens with zero attached hydrogens (tertiary/aromatic N) is 2. The van der Waals surface area contributed by atoms with Crippen LogP contribution in [0.1, 0.15) is 11.4 Å². The molecule has 1 aromatic heterocycles. The van der Waals surface area contributed by atoms with Gasteiger partial charge in [-0.05, 0) is 37.3 Å². The van der Waals surface area contributed by atoms with E-state index in [4.69, 9.17) is 5.73 Å². The third-order valence-corrected chi connectivity index (χ3v) is 4.29. The number of aromatic nitrogens is 1. The molecule has 0 aliphatic carbocycles. The summed E-state index contributed by atoms with van der Waals surface area (Å²) in [5, 5.41) is 0. The van der Waals surface area contributed by atoms with Crippen LogP contribution in [0.2, 0.25) is 0 Å². The second-order valence-corrected chi connectivity index (χ2v) is 7.13. The van der Waals surface area contributed by atoms with E-state index in [0.717, 1.165) is 17.1 Å². The van der Waals surface area contributed by atoms with Crippen LogP contribution < -0.4 is 10.6 Å². The molecular formula is C15H19N3O2S. The largest absolute Gasteiger partial charge is 0.397 e. The number of nitrogen functional groups attached to an aromatic ring is 1. The van der Waals surface area contributed by atoms with Crippen LogP contribution in [0.4, 0.5) is 11.4 Å². The molecule has 0 fully saturated rings. The Balaban J connectivity index is 2.26. The van der Waals surface area contributed by atoms with Gasteiger partial charge in [0.25, 0.3) is 0 Å². The van der Waals surface area contributed by atoms with E-state index in [-0.39, 0.29) is 4.90 Å². The molecule has 1 aromatic carbocycles. The maximum absolute atomic E-state index is 11.5. The first kappa shape index (κ1) is 15.3. The number of aryl methyl sites for hydroxylation is 1. The van der Waals surface area contributed by atoms with Gasteiger partial charge in [0.05, 0.1) is 28.5 Å². The predicted octanol–water partition coefficient (Wildman–Crippen LogP) is 2.01. The summed E-state index contributed by atoms with van der Waals surface area (Å²) in [6, 6.07) is 10.6. The molecule has 21 heavy (non-hydrogen) atoms. The van der Waals surface area contributed by atoms with Crippen molar-refractivity contribution >= 4 is 21.2 Å². The lowest BCUT2D eigenvalue weighted by atomic mass is 10.2. The lowest BCUT2D eigenvalue weighted by Crippen LogP contribution is -2.19. The van der Waals surface area contributed by atoms with Crippen molar-refractivity contribution in [1.29, 1.82) is 0 Å². The van der Waals surface area contributed by atoms with Crippen molar-refractivity contribution in [1.82, 2.24) is 4.98 Å². The monoisotopic (exact) mass is 305 g/mol. The number of hydrogen-bond acceptors (Lipinski definition) is 5. The van der Waals surface area contributed by atoms with E-state index < -0.39 is 9.84 Å². The molecule has 0 spiro atoms. The summed E-state index contributed by atoms with van der Waals surface area (Å²) in [7, 11) is -1.34. The number of pyridine rings is 1. The molecule has 0 atom stereocenters. The quantitative estimate of drug-likeness (QED) is 0.874.